The van der Waals surface area contributed by atoms with Crippen molar-refractivity contribution in [3.63, 3.8) is 0 Å². The molecule has 0 aromatic heterocycles. The van der Waals surface area contributed by atoms with Gasteiger partial charge in [-0.25, -0.2) is 24.1 Å². The monoisotopic (exact) mass is 326 g/mol. The number of ether oxygens (including phenoxy) is 1. The van der Waals surface area contributed by atoms with E-state index in [0.717, 1.165) is 25.7 Å². The third-order valence-corrected chi connectivity index (χ3v) is 1.87. The van der Waals surface area contributed by atoms with Gasteiger partial charge in [-0.1, -0.05) is 6.58 Å². The Morgan fingerprint density at radius 3 is 2.61 bits per heavy atom. The summed E-state index contributed by atoms with van der Waals surface area (Å²) in [5.74, 6) is -0.255. The minimum absolute atomic E-state index is 0.127. The first-order chi connectivity index (χ1) is 8.62. The molecule has 0 rings (SSSR count). The molecule has 0 amide bonds. The van der Waals surface area contributed by atoms with E-state index in [2.05, 4.69) is 33.3 Å². The first-order valence-corrected chi connectivity index (χ1v) is 9.93. The standard InChI is InChI=1S/C13H20O2.2ClH.Ti/c1-4-6-7-8-9-10-12(3)11-15-13(14)5-2;;;/h5,7,9,12H,1-4,6,8,10-11H2;2*1H;/q-4;;;+6/p-2. The second-order valence-corrected chi connectivity index (χ2v) is 6.04. The Kier molecular flexibility index (Phi) is 20.2. The van der Waals surface area contributed by atoms with Crippen LogP contribution in [0, 0.1) is 32.6 Å². The van der Waals surface area contributed by atoms with Gasteiger partial charge in [0.1, 0.15) is 0 Å². The van der Waals surface area contributed by atoms with Crippen LogP contribution in [-0.4, -0.2) is 12.6 Å². The van der Waals surface area contributed by atoms with Crippen molar-refractivity contribution in [1.82, 2.24) is 0 Å². The maximum atomic E-state index is 10.7. The Bertz CT molecular complexity index is 201. The Balaban J connectivity index is 0. The number of rotatable bonds is 9. The number of carbonyl (C=O) groups excluding carboxylic acids is 1. The quantitative estimate of drug-likeness (QED) is 0.207. The summed E-state index contributed by atoms with van der Waals surface area (Å²) in [4.78, 5) is 10.7. The SMILES string of the molecule is C=CC(=O)OCC([CH2-])C[CH-]C[CH-]CC[CH2-].[Cl][Ti+4][Cl]. The van der Waals surface area contributed by atoms with Crippen molar-refractivity contribution in [2.75, 3.05) is 6.61 Å². The molecule has 0 N–H and O–H groups in total. The van der Waals surface area contributed by atoms with Gasteiger partial charge in [-0.05, 0) is 0 Å². The molecule has 0 spiro atoms. The van der Waals surface area contributed by atoms with Crippen molar-refractivity contribution in [2.45, 2.75) is 25.7 Å². The summed E-state index contributed by atoms with van der Waals surface area (Å²) in [7, 11) is 9.78. The van der Waals surface area contributed by atoms with E-state index < -0.39 is 17.0 Å². The predicted octanol–water partition coefficient (Wildman–Crippen LogP) is 4.35. The van der Waals surface area contributed by atoms with Gasteiger partial charge >= 0.3 is 41.6 Å². The number of unbranched alkanes of at least 4 members (excludes halogenated alkanes) is 4. The molecule has 0 heterocycles. The Hall–Kier alpha value is 0.504. The topological polar surface area (TPSA) is 26.3 Å². The molecule has 0 radical (unpaired) electrons. The van der Waals surface area contributed by atoms with Gasteiger partial charge in [-0.15, -0.1) is 0 Å². The molecular weight excluding hydrogens is 307 g/mol. The van der Waals surface area contributed by atoms with E-state index in [9.17, 15) is 4.79 Å². The fourth-order valence-corrected chi connectivity index (χ4v) is 1.04. The number of hydrogen-bond donors (Lipinski definition) is 0. The molecule has 18 heavy (non-hydrogen) atoms. The average molecular weight is 327 g/mol. The zero-order valence-corrected chi connectivity index (χ0v) is 13.6. The minimum atomic E-state index is -0.556. The summed E-state index contributed by atoms with van der Waals surface area (Å²) in [6.45, 7) is 11.3. The summed E-state index contributed by atoms with van der Waals surface area (Å²) in [5, 5.41) is 0. The van der Waals surface area contributed by atoms with Crippen molar-refractivity contribution in [1.29, 1.82) is 0 Å². The second kappa shape index (κ2) is 17.5. The van der Waals surface area contributed by atoms with Crippen molar-refractivity contribution in [3.8, 4) is 0 Å². The zero-order chi connectivity index (χ0) is 14.2. The first kappa shape index (κ1) is 20.8. The van der Waals surface area contributed by atoms with Crippen LogP contribution >= 0.6 is 18.6 Å². The Morgan fingerprint density at radius 1 is 1.50 bits per heavy atom. The van der Waals surface area contributed by atoms with Crippen molar-refractivity contribution in [2.24, 2.45) is 5.92 Å². The van der Waals surface area contributed by atoms with E-state index in [4.69, 9.17) is 23.3 Å². The van der Waals surface area contributed by atoms with Crippen LogP contribution in [0.3, 0.4) is 0 Å². The molecule has 0 fully saturated rings. The van der Waals surface area contributed by atoms with Crippen LogP contribution in [0.25, 0.3) is 0 Å². The summed E-state index contributed by atoms with van der Waals surface area (Å²) in [6.07, 6.45) is 9.32. The zero-order valence-electron chi connectivity index (χ0n) is 10.5. The third-order valence-electron chi connectivity index (χ3n) is 1.87. The third kappa shape index (κ3) is 18.9. The second-order valence-electron chi connectivity index (χ2n) is 3.46. The average Bonchev–Trinajstić information content (AvgIpc) is 2.36. The first-order valence-electron chi connectivity index (χ1n) is 5.63. The van der Waals surface area contributed by atoms with Crippen molar-refractivity contribution >= 4 is 24.6 Å². The van der Waals surface area contributed by atoms with E-state index in [1.54, 1.807) is 0 Å². The van der Waals surface area contributed by atoms with Gasteiger partial charge in [0.25, 0.3) is 0 Å². The van der Waals surface area contributed by atoms with Gasteiger partial charge < -0.3 is 37.8 Å². The molecule has 0 saturated heterocycles. The van der Waals surface area contributed by atoms with Gasteiger partial charge in [0, 0.05) is 6.08 Å². The van der Waals surface area contributed by atoms with Crippen LogP contribution in [0.2, 0.25) is 0 Å². The number of hydrogen-bond acceptors (Lipinski definition) is 2. The van der Waals surface area contributed by atoms with Gasteiger partial charge in [-0.2, -0.15) is 5.92 Å². The van der Waals surface area contributed by atoms with Gasteiger partial charge in [0.2, 0.25) is 0 Å². The van der Waals surface area contributed by atoms with Gasteiger partial charge in [0.15, 0.2) is 0 Å². The molecule has 0 bridgehead atoms. The molecule has 5 heteroatoms. The molecule has 0 aliphatic rings. The molecule has 0 aromatic rings. The van der Waals surface area contributed by atoms with E-state index in [1.807, 2.05) is 0 Å². The molecule has 0 aliphatic heterocycles. The van der Waals surface area contributed by atoms with Crippen molar-refractivity contribution < 1.29 is 26.6 Å². The predicted molar refractivity (Wildman–Crippen MR) is 74.1 cm³/mol. The molecular formula is C13H20Cl2O2Ti. The number of esters is 1. The molecule has 0 aromatic carbocycles. The van der Waals surface area contributed by atoms with Crippen LogP contribution < -0.4 is 0 Å². The van der Waals surface area contributed by atoms with Gasteiger partial charge in [-0.3, -0.25) is 0 Å². The fraction of sp³-hybridized carbons (Fsp3) is 0.462. The molecule has 102 valence electrons. The molecule has 2 nitrogen and oxygen atoms in total. The number of carbonyl (C=O) groups is 1. The van der Waals surface area contributed by atoms with E-state index in [1.165, 1.54) is 6.08 Å². The Labute approximate surface area is 128 Å². The summed E-state index contributed by atoms with van der Waals surface area (Å²) < 4.78 is 4.87. The van der Waals surface area contributed by atoms with E-state index in [-0.39, 0.29) is 11.9 Å². The van der Waals surface area contributed by atoms with Crippen LogP contribution in [-0.2, 0) is 26.6 Å². The molecule has 0 aliphatic carbocycles. The summed E-state index contributed by atoms with van der Waals surface area (Å²) >= 11 is -0.556. The van der Waals surface area contributed by atoms with E-state index in [0.29, 0.717) is 6.61 Å². The van der Waals surface area contributed by atoms with Crippen LogP contribution in [0.15, 0.2) is 12.7 Å². The maximum absolute atomic E-state index is 10.7. The van der Waals surface area contributed by atoms with Crippen LogP contribution in [0.4, 0.5) is 0 Å². The van der Waals surface area contributed by atoms with Crippen molar-refractivity contribution in [3.05, 3.63) is 39.3 Å². The molecule has 1 unspecified atom stereocenters. The molecule has 0 saturated carbocycles. The van der Waals surface area contributed by atoms with E-state index >= 15 is 0 Å². The van der Waals surface area contributed by atoms with Gasteiger partial charge in [0.05, 0.1) is 6.61 Å². The summed E-state index contributed by atoms with van der Waals surface area (Å²) in [5.41, 5.74) is 0. The number of halogens is 2. The summed E-state index contributed by atoms with van der Waals surface area (Å²) in [6, 6.07) is 0. The van der Waals surface area contributed by atoms with Crippen LogP contribution in [0.1, 0.15) is 25.7 Å². The van der Waals surface area contributed by atoms with Crippen LogP contribution in [0.5, 0.6) is 0 Å². The molecule has 1 atom stereocenters. The normalized spacial score (nSPS) is 11.3. The fourth-order valence-electron chi connectivity index (χ4n) is 1.04. The Morgan fingerprint density at radius 2 is 2.11 bits per heavy atom.